The van der Waals surface area contributed by atoms with E-state index in [4.69, 9.17) is 10.5 Å². The van der Waals surface area contributed by atoms with E-state index in [1.165, 1.54) is 38.9 Å². The summed E-state index contributed by atoms with van der Waals surface area (Å²) in [6.45, 7) is 7.29. The summed E-state index contributed by atoms with van der Waals surface area (Å²) in [5, 5.41) is 1.26. The lowest BCUT2D eigenvalue weighted by atomic mass is 9.93. The molecule has 0 radical (unpaired) electrons. The number of hydrogen-bond donors (Lipinski definition) is 2. The molecule has 0 aliphatic heterocycles. The SMILES string of the molecule is COc1ccc2[nH]c(-c3c(C)cc(C)cc3C)c(CCCCN)c2c1. The lowest BCUT2D eigenvalue weighted by Crippen LogP contribution is -2.00. The Labute approximate surface area is 150 Å². The van der Waals surface area contributed by atoms with Crippen molar-refractivity contribution in [2.75, 3.05) is 13.7 Å². The average molecular weight is 336 g/mol. The van der Waals surface area contributed by atoms with Crippen LogP contribution in [0.1, 0.15) is 35.1 Å². The average Bonchev–Trinajstić information content (AvgIpc) is 2.91. The normalized spacial score (nSPS) is 11.2. The van der Waals surface area contributed by atoms with Gasteiger partial charge in [-0.25, -0.2) is 0 Å². The van der Waals surface area contributed by atoms with E-state index in [1.807, 2.05) is 6.07 Å². The molecule has 2 aromatic carbocycles. The molecule has 0 saturated heterocycles. The number of unbranched alkanes of at least 4 members (excludes halogenated alkanes) is 1. The quantitative estimate of drug-likeness (QED) is 0.619. The van der Waals surface area contributed by atoms with Crippen LogP contribution in [0.2, 0.25) is 0 Å². The highest BCUT2D eigenvalue weighted by atomic mass is 16.5. The van der Waals surface area contributed by atoms with Gasteiger partial charge in [-0.05, 0) is 81.5 Å². The molecule has 0 amide bonds. The summed E-state index contributed by atoms with van der Waals surface area (Å²) >= 11 is 0. The van der Waals surface area contributed by atoms with Crippen LogP contribution in [-0.2, 0) is 6.42 Å². The lowest BCUT2D eigenvalue weighted by molar-refractivity contribution is 0.415. The molecule has 3 nitrogen and oxygen atoms in total. The maximum atomic E-state index is 5.71. The zero-order valence-electron chi connectivity index (χ0n) is 15.7. The molecule has 3 rings (SSSR count). The van der Waals surface area contributed by atoms with Crippen LogP contribution in [0.25, 0.3) is 22.2 Å². The predicted octanol–water partition coefficient (Wildman–Crippen LogP) is 5.05. The summed E-state index contributed by atoms with van der Waals surface area (Å²) in [4.78, 5) is 3.67. The molecule has 3 heteroatoms. The fraction of sp³-hybridized carbons (Fsp3) is 0.364. The van der Waals surface area contributed by atoms with Crippen molar-refractivity contribution < 1.29 is 4.74 Å². The van der Waals surface area contributed by atoms with Crippen molar-refractivity contribution >= 4 is 10.9 Å². The molecule has 0 aliphatic rings. The Morgan fingerprint density at radius 3 is 2.36 bits per heavy atom. The standard InChI is InChI=1S/C22H28N2O/c1-14-11-15(2)21(16(3)12-14)22-18(7-5-6-10-23)19-13-17(25-4)8-9-20(19)24-22/h8-9,11-13,24H,5-7,10,23H2,1-4H3. The molecule has 25 heavy (non-hydrogen) atoms. The molecule has 0 fully saturated rings. The number of nitrogens with one attached hydrogen (secondary N) is 1. The zero-order valence-corrected chi connectivity index (χ0v) is 15.7. The number of aromatic amines is 1. The number of methoxy groups -OCH3 is 1. The highest BCUT2D eigenvalue weighted by molar-refractivity contribution is 5.93. The Bertz CT molecular complexity index is 869. The van der Waals surface area contributed by atoms with Crippen LogP contribution in [0.15, 0.2) is 30.3 Å². The molecule has 0 atom stereocenters. The van der Waals surface area contributed by atoms with Gasteiger partial charge in [-0.1, -0.05) is 17.7 Å². The first-order valence-corrected chi connectivity index (χ1v) is 9.02. The van der Waals surface area contributed by atoms with E-state index in [2.05, 4.69) is 50.0 Å². The number of ether oxygens (including phenoxy) is 1. The van der Waals surface area contributed by atoms with E-state index in [0.29, 0.717) is 0 Å². The summed E-state index contributed by atoms with van der Waals surface area (Å²) in [7, 11) is 1.72. The molecule has 132 valence electrons. The van der Waals surface area contributed by atoms with Crippen LogP contribution in [0.4, 0.5) is 0 Å². The minimum absolute atomic E-state index is 0.740. The van der Waals surface area contributed by atoms with Gasteiger partial charge in [-0.15, -0.1) is 0 Å². The van der Waals surface area contributed by atoms with Crippen LogP contribution < -0.4 is 10.5 Å². The number of hydrogen-bond acceptors (Lipinski definition) is 2. The summed E-state index contributed by atoms with van der Waals surface area (Å²) in [5.41, 5.74) is 14.8. The maximum absolute atomic E-state index is 5.71. The number of fused-ring (bicyclic) bond motifs is 1. The van der Waals surface area contributed by atoms with E-state index < -0.39 is 0 Å². The Hall–Kier alpha value is -2.26. The van der Waals surface area contributed by atoms with Crippen molar-refractivity contribution in [1.29, 1.82) is 0 Å². The smallest absolute Gasteiger partial charge is 0.119 e. The van der Waals surface area contributed by atoms with Gasteiger partial charge in [0.2, 0.25) is 0 Å². The topological polar surface area (TPSA) is 51.0 Å². The van der Waals surface area contributed by atoms with E-state index in [9.17, 15) is 0 Å². The van der Waals surface area contributed by atoms with Crippen molar-refractivity contribution in [2.45, 2.75) is 40.0 Å². The Balaban J connectivity index is 2.21. The van der Waals surface area contributed by atoms with E-state index in [1.54, 1.807) is 7.11 Å². The highest BCUT2D eigenvalue weighted by Gasteiger charge is 2.17. The monoisotopic (exact) mass is 336 g/mol. The van der Waals surface area contributed by atoms with Gasteiger partial charge in [0.15, 0.2) is 0 Å². The van der Waals surface area contributed by atoms with Crippen molar-refractivity contribution in [3.05, 3.63) is 52.6 Å². The van der Waals surface area contributed by atoms with Crippen molar-refractivity contribution in [1.82, 2.24) is 4.98 Å². The van der Waals surface area contributed by atoms with Crippen LogP contribution in [-0.4, -0.2) is 18.6 Å². The predicted molar refractivity (Wildman–Crippen MR) is 106 cm³/mol. The largest absolute Gasteiger partial charge is 0.497 e. The van der Waals surface area contributed by atoms with Gasteiger partial charge in [0.1, 0.15) is 5.75 Å². The lowest BCUT2D eigenvalue weighted by Gasteiger charge is -2.13. The Kier molecular flexibility index (Phi) is 5.14. The highest BCUT2D eigenvalue weighted by Crippen LogP contribution is 2.37. The van der Waals surface area contributed by atoms with Gasteiger partial charge in [-0.2, -0.15) is 0 Å². The van der Waals surface area contributed by atoms with E-state index in [-0.39, 0.29) is 0 Å². The Morgan fingerprint density at radius 1 is 1.00 bits per heavy atom. The Morgan fingerprint density at radius 2 is 1.72 bits per heavy atom. The molecule has 0 aliphatic carbocycles. The first kappa shape index (κ1) is 17.6. The minimum Gasteiger partial charge on any atom is -0.497 e. The zero-order chi connectivity index (χ0) is 18.0. The number of benzene rings is 2. The molecule has 1 aromatic heterocycles. The van der Waals surface area contributed by atoms with Gasteiger partial charge in [0, 0.05) is 16.5 Å². The second kappa shape index (κ2) is 7.32. The van der Waals surface area contributed by atoms with Gasteiger partial charge in [0.25, 0.3) is 0 Å². The van der Waals surface area contributed by atoms with Crippen LogP contribution in [0.3, 0.4) is 0 Å². The number of H-pyrrole nitrogens is 1. The van der Waals surface area contributed by atoms with Crippen LogP contribution in [0.5, 0.6) is 5.75 Å². The fourth-order valence-electron chi connectivity index (χ4n) is 3.85. The van der Waals surface area contributed by atoms with Gasteiger partial charge < -0.3 is 15.5 Å². The second-order valence-electron chi connectivity index (χ2n) is 6.91. The molecule has 1 heterocycles. The van der Waals surface area contributed by atoms with Crippen LogP contribution >= 0.6 is 0 Å². The first-order chi connectivity index (χ1) is 12.0. The van der Waals surface area contributed by atoms with Crippen molar-refractivity contribution in [3.8, 4) is 17.0 Å². The molecule has 0 spiro atoms. The summed E-state index contributed by atoms with van der Waals surface area (Å²) in [5.74, 6) is 0.899. The minimum atomic E-state index is 0.740. The number of aromatic nitrogens is 1. The maximum Gasteiger partial charge on any atom is 0.119 e. The summed E-state index contributed by atoms with van der Waals surface area (Å²) in [6.07, 6.45) is 3.16. The second-order valence-corrected chi connectivity index (χ2v) is 6.91. The van der Waals surface area contributed by atoms with Gasteiger partial charge in [0.05, 0.1) is 12.8 Å². The van der Waals surface area contributed by atoms with Gasteiger partial charge in [-0.3, -0.25) is 0 Å². The summed E-state index contributed by atoms with van der Waals surface area (Å²) in [6, 6.07) is 10.8. The number of nitrogens with two attached hydrogens (primary N) is 1. The van der Waals surface area contributed by atoms with E-state index in [0.717, 1.165) is 37.1 Å². The third-order valence-electron chi connectivity index (χ3n) is 4.92. The van der Waals surface area contributed by atoms with Gasteiger partial charge >= 0.3 is 0 Å². The molecule has 0 unspecified atom stereocenters. The molecule has 3 N–H and O–H groups in total. The fourth-order valence-corrected chi connectivity index (χ4v) is 3.85. The van der Waals surface area contributed by atoms with Crippen LogP contribution in [0, 0.1) is 20.8 Å². The molecule has 0 bridgehead atoms. The van der Waals surface area contributed by atoms with E-state index >= 15 is 0 Å². The third-order valence-corrected chi connectivity index (χ3v) is 4.92. The first-order valence-electron chi connectivity index (χ1n) is 9.02. The number of aryl methyl sites for hydroxylation is 4. The third kappa shape index (κ3) is 3.42. The number of rotatable bonds is 6. The molecular weight excluding hydrogens is 308 g/mol. The molecule has 3 aromatic rings. The molecular formula is C22H28N2O. The molecule has 0 saturated carbocycles. The van der Waals surface area contributed by atoms with Crippen molar-refractivity contribution in [2.24, 2.45) is 5.73 Å². The van der Waals surface area contributed by atoms with Crippen molar-refractivity contribution in [3.63, 3.8) is 0 Å². The summed E-state index contributed by atoms with van der Waals surface area (Å²) < 4.78 is 5.45.